The van der Waals surface area contributed by atoms with Gasteiger partial charge in [-0.05, 0) is 44.7 Å². The quantitative estimate of drug-likeness (QED) is 0.906. The second kappa shape index (κ2) is 6.18. The molecule has 0 radical (unpaired) electrons. The van der Waals surface area contributed by atoms with E-state index in [9.17, 15) is 4.79 Å². The standard InChI is InChI=1S/C18H26N2O/c1-15-4-6-16(7-5-15)12-17(21)20-11-3-9-18(14-20)8-2-10-19-13-18/h4-7,19H,2-3,8-14H2,1H3. The van der Waals surface area contributed by atoms with E-state index in [4.69, 9.17) is 0 Å². The maximum atomic E-state index is 12.6. The van der Waals surface area contributed by atoms with Gasteiger partial charge in [-0.25, -0.2) is 0 Å². The van der Waals surface area contributed by atoms with Crippen LogP contribution in [0.1, 0.15) is 36.8 Å². The Morgan fingerprint density at radius 3 is 2.71 bits per heavy atom. The average molecular weight is 286 g/mol. The van der Waals surface area contributed by atoms with Gasteiger partial charge < -0.3 is 10.2 Å². The second-order valence-corrected chi connectivity index (χ2v) is 6.86. The highest BCUT2D eigenvalue weighted by Gasteiger charge is 2.37. The summed E-state index contributed by atoms with van der Waals surface area (Å²) in [5, 5.41) is 3.52. The van der Waals surface area contributed by atoms with Crippen molar-refractivity contribution in [3.63, 3.8) is 0 Å². The lowest BCUT2D eigenvalue weighted by Crippen LogP contribution is -2.52. The van der Waals surface area contributed by atoms with Crippen LogP contribution in [0.2, 0.25) is 0 Å². The molecule has 2 aliphatic rings. The summed E-state index contributed by atoms with van der Waals surface area (Å²) >= 11 is 0. The number of aryl methyl sites for hydroxylation is 1. The molecule has 1 atom stereocenters. The minimum absolute atomic E-state index is 0.295. The van der Waals surface area contributed by atoms with Crippen LogP contribution in [0.4, 0.5) is 0 Å². The molecule has 2 aliphatic heterocycles. The van der Waals surface area contributed by atoms with Gasteiger partial charge in [0.25, 0.3) is 0 Å². The van der Waals surface area contributed by atoms with Crippen LogP contribution in [0.3, 0.4) is 0 Å². The summed E-state index contributed by atoms with van der Waals surface area (Å²) in [6.07, 6.45) is 5.49. The topological polar surface area (TPSA) is 32.3 Å². The van der Waals surface area contributed by atoms with Gasteiger partial charge in [-0.3, -0.25) is 4.79 Å². The van der Waals surface area contributed by atoms with Gasteiger partial charge in [0.05, 0.1) is 6.42 Å². The molecule has 0 bridgehead atoms. The lowest BCUT2D eigenvalue weighted by Gasteiger charge is -2.45. The fourth-order valence-electron chi connectivity index (χ4n) is 3.79. The molecule has 0 saturated carbocycles. The van der Waals surface area contributed by atoms with Crippen molar-refractivity contribution >= 4 is 5.91 Å². The lowest BCUT2D eigenvalue weighted by atomic mass is 9.74. The Labute approximate surface area is 127 Å². The molecule has 1 aromatic carbocycles. The van der Waals surface area contributed by atoms with Crippen molar-refractivity contribution in [2.24, 2.45) is 5.41 Å². The van der Waals surface area contributed by atoms with E-state index in [-0.39, 0.29) is 0 Å². The van der Waals surface area contributed by atoms with E-state index in [1.807, 2.05) is 0 Å². The smallest absolute Gasteiger partial charge is 0.227 e. The first kappa shape index (κ1) is 14.6. The number of likely N-dealkylation sites (tertiary alicyclic amines) is 1. The number of hydrogen-bond acceptors (Lipinski definition) is 2. The van der Waals surface area contributed by atoms with Gasteiger partial charge >= 0.3 is 0 Å². The molecule has 1 N–H and O–H groups in total. The first-order chi connectivity index (χ1) is 10.2. The molecule has 3 nitrogen and oxygen atoms in total. The number of piperidine rings is 2. The highest BCUT2D eigenvalue weighted by atomic mass is 16.2. The van der Waals surface area contributed by atoms with Gasteiger partial charge in [0.1, 0.15) is 0 Å². The Morgan fingerprint density at radius 1 is 1.24 bits per heavy atom. The second-order valence-electron chi connectivity index (χ2n) is 6.86. The molecule has 3 heteroatoms. The number of nitrogens with one attached hydrogen (secondary N) is 1. The highest BCUT2D eigenvalue weighted by Crippen LogP contribution is 2.36. The lowest BCUT2D eigenvalue weighted by molar-refractivity contribution is -0.134. The molecular formula is C18H26N2O. The van der Waals surface area contributed by atoms with Crippen molar-refractivity contribution in [2.45, 2.75) is 39.0 Å². The van der Waals surface area contributed by atoms with E-state index >= 15 is 0 Å². The predicted molar refractivity (Wildman–Crippen MR) is 85.2 cm³/mol. The molecule has 2 fully saturated rings. The Balaban J connectivity index is 1.62. The maximum Gasteiger partial charge on any atom is 0.227 e. The molecule has 0 aromatic heterocycles. The fraction of sp³-hybridized carbons (Fsp3) is 0.611. The summed E-state index contributed by atoms with van der Waals surface area (Å²) in [5.41, 5.74) is 2.72. The van der Waals surface area contributed by atoms with Gasteiger partial charge in [-0.15, -0.1) is 0 Å². The summed E-state index contributed by atoms with van der Waals surface area (Å²) in [7, 11) is 0. The minimum atomic E-state index is 0.295. The first-order valence-corrected chi connectivity index (χ1v) is 8.21. The summed E-state index contributed by atoms with van der Waals surface area (Å²) in [6.45, 7) is 6.19. The normalized spacial score (nSPS) is 26.0. The molecule has 1 amide bonds. The number of benzene rings is 1. The third kappa shape index (κ3) is 3.46. The SMILES string of the molecule is Cc1ccc(CC(=O)N2CCCC3(CCCNC3)C2)cc1. The summed E-state index contributed by atoms with van der Waals surface area (Å²) in [4.78, 5) is 14.7. The maximum absolute atomic E-state index is 12.6. The van der Waals surface area contributed by atoms with Gasteiger partial charge in [-0.2, -0.15) is 0 Å². The van der Waals surface area contributed by atoms with Crippen LogP contribution >= 0.6 is 0 Å². The van der Waals surface area contributed by atoms with Crippen molar-refractivity contribution in [3.05, 3.63) is 35.4 Å². The van der Waals surface area contributed by atoms with Crippen LogP contribution in [0.5, 0.6) is 0 Å². The van der Waals surface area contributed by atoms with E-state index < -0.39 is 0 Å². The molecule has 3 rings (SSSR count). The van der Waals surface area contributed by atoms with Crippen LogP contribution in [-0.4, -0.2) is 37.0 Å². The van der Waals surface area contributed by atoms with Crippen LogP contribution in [-0.2, 0) is 11.2 Å². The summed E-state index contributed by atoms with van der Waals surface area (Å²) in [6, 6.07) is 8.33. The zero-order chi connectivity index (χ0) is 14.7. The Bertz CT molecular complexity index is 483. The summed E-state index contributed by atoms with van der Waals surface area (Å²) < 4.78 is 0. The first-order valence-electron chi connectivity index (χ1n) is 8.21. The molecule has 1 spiro atoms. The van der Waals surface area contributed by atoms with E-state index in [2.05, 4.69) is 41.4 Å². The molecule has 1 unspecified atom stereocenters. The van der Waals surface area contributed by atoms with E-state index in [1.165, 1.54) is 24.8 Å². The van der Waals surface area contributed by atoms with Crippen LogP contribution in [0.25, 0.3) is 0 Å². The molecule has 2 saturated heterocycles. The van der Waals surface area contributed by atoms with Crippen molar-refractivity contribution in [3.8, 4) is 0 Å². The fourth-order valence-corrected chi connectivity index (χ4v) is 3.79. The monoisotopic (exact) mass is 286 g/mol. The molecule has 1 aromatic rings. The Morgan fingerprint density at radius 2 is 2.00 bits per heavy atom. The number of rotatable bonds is 2. The third-order valence-electron chi connectivity index (χ3n) is 5.05. The van der Waals surface area contributed by atoms with Crippen molar-refractivity contribution < 1.29 is 4.79 Å². The molecule has 2 heterocycles. The zero-order valence-corrected chi connectivity index (χ0v) is 13.0. The number of carbonyl (C=O) groups is 1. The Kier molecular flexibility index (Phi) is 4.29. The number of hydrogen-bond donors (Lipinski definition) is 1. The molecule has 114 valence electrons. The van der Waals surface area contributed by atoms with Gasteiger partial charge in [-0.1, -0.05) is 29.8 Å². The summed E-state index contributed by atoms with van der Waals surface area (Å²) in [5.74, 6) is 0.295. The Hall–Kier alpha value is -1.35. The van der Waals surface area contributed by atoms with E-state index in [0.717, 1.165) is 38.2 Å². The number of amides is 1. The molecular weight excluding hydrogens is 260 g/mol. The van der Waals surface area contributed by atoms with Crippen LogP contribution < -0.4 is 5.32 Å². The van der Waals surface area contributed by atoms with Gasteiger partial charge in [0, 0.05) is 25.0 Å². The third-order valence-corrected chi connectivity index (χ3v) is 5.05. The van der Waals surface area contributed by atoms with Crippen LogP contribution in [0, 0.1) is 12.3 Å². The van der Waals surface area contributed by atoms with Crippen molar-refractivity contribution in [1.82, 2.24) is 10.2 Å². The highest BCUT2D eigenvalue weighted by molar-refractivity contribution is 5.79. The van der Waals surface area contributed by atoms with Gasteiger partial charge in [0.15, 0.2) is 0 Å². The van der Waals surface area contributed by atoms with E-state index in [0.29, 0.717) is 17.7 Å². The predicted octanol–water partition coefficient (Wildman–Crippen LogP) is 2.53. The average Bonchev–Trinajstić information content (AvgIpc) is 2.50. The van der Waals surface area contributed by atoms with E-state index in [1.54, 1.807) is 0 Å². The largest absolute Gasteiger partial charge is 0.342 e. The zero-order valence-electron chi connectivity index (χ0n) is 13.0. The molecule has 21 heavy (non-hydrogen) atoms. The number of carbonyl (C=O) groups excluding carboxylic acids is 1. The number of nitrogens with zero attached hydrogens (tertiary/aromatic N) is 1. The van der Waals surface area contributed by atoms with Crippen molar-refractivity contribution in [2.75, 3.05) is 26.2 Å². The van der Waals surface area contributed by atoms with Crippen molar-refractivity contribution in [1.29, 1.82) is 0 Å². The van der Waals surface area contributed by atoms with Crippen LogP contribution in [0.15, 0.2) is 24.3 Å². The molecule has 0 aliphatic carbocycles. The minimum Gasteiger partial charge on any atom is -0.342 e. The van der Waals surface area contributed by atoms with Gasteiger partial charge in [0.2, 0.25) is 5.91 Å².